The molecule has 0 saturated heterocycles. The normalized spacial score (nSPS) is 16.4. The molecule has 0 bridgehead atoms. The molecule has 2 atom stereocenters. The van der Waals surface area contributed by atoms with Gasteiger partial charge in [-0.25, -0.2) is 13.8 Å². The molecule has 0 saturated carbocycles. The number of anilines is 1. The predicted molar refractivity (Wildman–Crippen MR) is 124 cm³/mol. The molecule has 0 fully saturated rings. The van der Waals surface area contributed by atoms with Gasteiger partial charge in [-0.15, -0.1) is 0 Å². The lowest BCUT2D eigenvalue weighted by atomic mass is 9.87. The second kappa shape index (κ2) is 12.8. The number of methoxy groups -OCH3 is 1. The van der Waals surface area contributed by atoms with Crippen molar-refractivity contribution in [2.75, 3.05) is 32.1 Å². The lowest BCUT2D eigenvalue weighted by Gasteiger charge is -2.29. The minimum atomic E-state index is -0.540. The molecule has 33 heavy (non-hydrogen) atoms. The van der Waals surface area contributed by atoms with Crippen molar-refractivity contribution in [2.45, 2.75) is 64.1 Å². The summed E-state index contributed by atoms with van der Waals surface area (Å²) >= 11 is 0. The monoisotopic (exact) mass is 463 g/mol. The molecule has 3 N–H and O–H groups in total. The van der Waals surface area contributed by atoms with Crippen molar-refractivity contribution >= 4 is 11.7 Å². The quantitative estimate of drug-likeness (QED) is 0.398. The lowest BCUT2D eigenvalue weighted by Crippen LogP contribution is -2.48. The number of nitrogens with one attached hydrogen (secondary N) is 3. The summed E-state index contributed by atoms with van der Waals surface area (Å²) in [6.45, 7) is 5.20. The Kier molecular flexibility index (Phi) is 9.77. The molecular weight excluding hydrogens is 428 g/mol. The van der Waals surface area contributed by atoms with Crippen LogP contribution in [0.15, 0.2) is 24.7 Å². The van der Waals surface area contributed by atoms with Gasteiger partial charge in [-0.1, -0.05) is 13.3 Å². The number of fused-ring (bicyclic) bond motifs is 1. The van der Waals surface area contributed by atoms with Gasteiger partial charge in [0.2, 0.25) is 5.91 Å². The van der Waals surface area contributed by atoms with Crippen molar-refractivity contribution in [3.63, 3.8) is 0 Å². The number of imidazole rings is 1. The maximum atomic E-state index is 14.2. The standard InChI is InChI=1S/C24H35F2N5O2/c1-3-5-22(29-19-7-6-17-12-18(25)13-21(26)20(17)14-19)24(32)30-23-15-31(16-28-23)10-9-27-8-4-11-33-2/h12-13,15-16,19,22,27,29H,3-11,14H2,1-2H3,(H,30,32)/t19?,22-/m0/s1. The van der Waals surface area contributed by atoms with Gasteiger partial charge >= 0.3 is 0 Å². The molecule has 0 spiro atoms. The minimum absolute atomic E-state index is 0.0403. The summed E-state index contributed by atoms with van der Waals surface area (Å²) in [5.41, 5.74) is 1.27. The Morgan fingerprint density at radius 3 is 2.97 bits per heavy atom. The zero-order chi connectivity index (χ0) is 23.6. The van der Waals surface area contributed by atoms with E-state index in [2.05, 4.69) is 20.9 Å². The molecule has 1 aliphatic carbocycles. The van der Waals surface area contributed by atoms with E-state index in [0.717, 1.165) is 57.1 Å². The molecule has 1 heterocycles. The van der Waals surface area contributed by atoms with Crippen molar-refractivity contribution in [3.05, 3.63) is 47.4 Å². The van der Waals surface area contributed by atoms with Crippen LogP contribution in [0.3, 0.4) is 0 Å². The van der Waals surface area contributed by atoms with Crippen LogP contribution in [0.1, 0.15) is 43.7 Å². The van der Waals surface area contributed by atoms with Crippen LogP contribution >= 0.6 is 0 Å². The average molecular weight is 464 g/mol. The third-order valence-electron chi connectivity index (χ3n) is 5.93. The first-order valence-corrected chi connectivity index (χ1v) is 11.7. The van der Waals surface area contributed by atoms with E-state index in [1.54, 1.807) is 13.4 Å². The number of rotatable bonds is 13. The fourth-order valence-electron chi connectivity index (χ4n) is 4.23. The highest BCUT2D eigenvalue weighted by Crippen LogP contribution is 2.25. The largest absolute Gasteiger partial charge is 0.385 e. The Balaban J connectivity index is 1.51. The first-order chi connectivity index (χ1) is 16.0. The van der Waals surface area contributed by atoms with Gasteiger partial charge in [-0.3, -0.25) is 4.79 Å². The van der Waals surface area contributed by atoms with Gasteiger partial charge in [0.05, 0.1) is 12.4 Å². The van der Waals surface area contributed by atoms with E-state index in [4.69, 9.17) is 4.74 Å². The number of hydrogen-bond donors (Lipinski definition) is 3. The molecule has 9 heteroatoms. The summed E-state index contributed by atoms with van der Waals surface area (Å²) in [5, 5.41) is 9.64. The Labute approximate surface area is 194 Å². The second-order valence-electron chi connectivity index (χ2n) is 8.56. The summed E-state index contributed by atoms with van der Waals surface area (Å²) < 4.78 is 34.7. The third-order valence-corrected chi connectivity index (χ3v) is 5.93. The minimum Gasteiger partial charge on any atom is -0.385 e. The maximum absolute atomic E-state index is 14.2. The smallest absolute Gasteiger partial charge is 0.242 e. The van der Waals surface area contributed by atoms with Gasteiger partial charge in [-0.2, -0.15) is 0 Å². The van der Waals surface area contributed by atoms with Crippen LogP contribution in [-0.4, -0.2) is 54.3 Å². The number of amides is 1. The van der Waals surface area contributed by atoms with E-state index in [0.29, 0.717) is 30.6 Å². The SMILES string of the molecule is CCC[C@H](NC1CCc2cc(F)cc(F)c2C1)C(=O)Nc1cn(CCNCCCOC)cn1. The van der Waals surface area contributed by atoms with Crippen LogP contribution in [0.2, 0.25) is 0 Å². The van der Waals surface area contributed by atoms with E-state index in [-0.39, 0.29) is 11.9 Å². The average Bonchev–Trinajstić information content (AvgIpc) is 3.23. The van der Waals surface area contributed by atoms with Gasteiger partial charge < -0.3 is 25.3 Å². The highest BCUT2D eigenvalue weighted by molar-refractivity contribution is 5.94. The van der Waals surface area contributed by atoms with Crippen LogP contribution in [0.5, 0.6) is 0 Å². The highest BCUT2D eigenvalue weighted by Gasteiger charge is 2.27. The van der Waals surface area contributed by atoms with Gasteiger partial charge in [-0.05, 0) is 55.8 Å². The lowest BCUT2D eigenvalue weighted by molar-refractivity contribution is -0.118. The van der Waals surface area contributed by atoms with Gasteiger partial charge in [0.15, 0.2) is 5.82 Å². The fourth-order valence-corrected chi connectivity index (χ4v) is 4.23. The second-order valence-corrected chi connectivity index (χ2v) is 8.56. The van der Waals surface area contributed by atoms with Crippen LogP contribution < -0.4 is 16.0 Å². The third kappa shape index (κ3) is 7.58. The number of carbonyl (C=O) groups is 1. The number of aromatic nitrogens is 2. The Bertz CT molecular complexity index is 905. The molecule has 1 amide bonds. The van der Waals surface area contributed by atoms with E-state index in [1.165, 1.54) is 6.07 Å². The van der Waals surface area contributed by atoms with Crippen molar-refractivity contribution in [1.82, 2.24) is 20.2 Å². The summed E-state index contributed by atoms with van der Waals surface area (Å²) in [6.07, 6.45) is 7.74. The van der Waals surface area contributed by atoms with Crippen LogP contribution in [0.25, 0.3) is 0 Å². The maximum Gasteiger partial charge on any atom is 0.242 e. The van der Waals surface area contributed by atoms with Crippen molar-refractivity contribution in [2.24, 2.45) is 0 Å². The Hall–Kier alpha value is -2.36. The molecular formula is C24H35F2N5O2. The zero-order valence-corrected chi connectivity index (χ0v) is 19.5. The number of aryl methyl sites for hydroxylation is 1. The molecule has 1 aromatic carbocycles. The number of carbonyl (C=O) groups excluding carboxylic acids is 1. The molecule has 3 rings (SSSR count). The molecule has 0 radical (unpaired) electrons. The highest BCUT2D eigenvalue weighted by atomic mass is 19.1. The van der Waals surface area contributed by atoms with Crippen LogP contribution in [0.4, 0.5) is 14.6 Å². The number of hydrogen-bond acceptors (Lipinski definition) is 5. The number of ether oxygens (including phenoxy) is 1. The summed E-state index contributed by atoms with van der Waals surface area (Å²) in [7, 11) is 1.69. The Morgan fingerprint density at radius 1 is 1.33 bits per heavy atom. The zero-order valence-electron chi connectivity index (χ0n) is 19.5. The predicted octanol–water partition coefficient (Wildman–Crippen LogP) is 3.04. The molecule has 2 aromatic rings. The topological polar surface area (TPSA) is 80.2 Å². The molecule has 1 unspecified atom stereocenters. The van der Waals surface area contributed by atoms with Crippen LogP contribution in [-0.2, 0) is 28.9 Å². The number of benzene rings is 1. The van der Waals surface area contributed by atoms with E-state index in [1.807, 2.05) is 17.7 Å². The fraction of sp³-hybridized carbons (Fsp3) is 0.583. The molecule has 7 nitrogen and oxygen atoms in total. The summed E-state index contributed by atoms with van der Waals surface area (Å²) in [6, 6.07) is 1.90. The van der Waals surface area contributed by atoms with Gasteiger partial charge in [0.1, 0.15) is 11.6 Å². The van der Waals surface area contributed by atoms with Crippen molar-refractivity contribution in [1.29, 1.82) is 0 Å². The van der Waals surface area contributed by atoms with Crippen LogP contribution in [0, 0.1) is 11.6 Å². The Morgan fingerprint density at radius 2 is 2.18 bits per heavy atom. The van der Waals surface area contributed by atoms with Crippen molar-refractivity contribution in [3.8, 4) is 0 Å². The molecule has 1 aromatic heterocycles. The van der Waals surface area contributed by atoms with E-state index >= 15 is 0 Å². The first kappa shape index (κ1) is 25.3. The molecule has 1 aliphatic rings. The summed E-state index contributed by atoms with van der Waals surface area (Å²) in [4.78, 5) is 17.2. The number of halogens is 2. The van der Waals surface area contributed by atoms with Crippen molar-refractivity contribution < 1.29 is 18.3 Å². The summed E-state index contributed by atoms with van der Waals surface area (Å²) in [5.74, 6) is -0.683. The number of nitrogens with zero attached hydrogens (tertiary/aromatic N) is 2. The van der Waals surface area contributed by atoms with Gasteiger partial charge in [0, 0.05) is 45.1 Å². The van der Waals surface area contributed by atoms with E-state index in [9.17, 15) is 13.6 Å². The molecule has 182 valence electrons. The van der Waals surface area contributed by atoms with Gasteiger partial charge in [0.25, 0.3) is 0 Å². The molecule has 0 aliphatic heterocycles. The van der Waals surface area contributed by atoms with E-state index < -0.39 is 17.7 Å². The first-order valence-electron chi connectivity index (χ1n) is 11.7.